The summed E-state index contributed by atoms with van der Waals surface area (Å²) in [7, 11) is 0. The third-order valence-electron chi connectivity index (χ3n) is 3.38. The fourth-order valence-electron chi connectivity index (χ4n) is 2.32. The average Bonchev–Trinajstić information content (AvgIpc) is 3.15. The number of aliphatic hydroxyl groups is 1. The smallest absolute Gasteiger partial charge is 0.213 e. The van der Waals surface area contributed by atoms with E-state index in [2.05, 4.69) is 20.6 Å². The van der Waals surface area contributed by atoms with Gasteiger partial charge >= 0.3 is 0 Å². The van der Waals surface area contributed by atoms with Crippen LogP contribution in [0.1, 0.15) is 5.69 Å². The molecule has 7 nitrogen and oxygen atoms in total. The highest BCUT2D eigenvalue weighted by Crippen LogP contribution is 2.10. The van der Waals surface area contributed by atoms with Crippen molar-refractivity contribution in [3.63, 3.8) is 0 Å². The molecule has 2 aliphatic heterocycles. The Morgan fingerprint density at radius 3 is 2.92 bits per heavy atom. The minimum absolute atomic E-state index is 0. The minimum atomic E-state index is -0.00651. The molecule has 0 amide bonds. The topological polar surface area (TPSA) is 77.9 Å². The van der Waals surface area contributed by atoms with Crippen molar-refractivity contribution in [1.29, 1.82) is 0 Å². The van der Waals surface area contributed by atoms with Gasteiger partial charge in [0.1, 0.15) is 11.4 Å². The fraction of sp³-hybridized carbons (Fsp3) is 0.235. The quantitative estimate of drug-likeness (QED) is 0.308. The van der Waals surface area contributed by atoms with Crippen LogP contribution in [0.5, 0.6) is 0 Å². The number of nitrogens with zero attached hydrogens (tertiary/aromatic N) is 5. The molecule has 1 aromatic rings. The van der Waals surface area contributed by atoms with Crippen LogP contribution in [0.25, 0.3) is 5.32 Å². The number of pyridine rings is 1. The van der Waals surface area contributed by atoms with Gasteiger partial charge in [0.05, 0.1) is 19.1 Å². The number of hydrazone groups is 1. The second-order valence-electron chi connectivity index (χ2n) is 5.12. The summed E-state index contributed by atoms with van der Waals surface area (Å²) in [5, 5.41) is 18.9. The van der Waals surface area contributed by atoms with Gasteiger partial charge < -0.3 is 20.7 Å². The maximum atomic E-state index is 9.46. The van der Waals surface area contributed by atoms with E-state index in [9.17, 15) is 5.11 Å². The number of rotatable bonds is 5. The second-order valence-corrected chi connectivity index (χ2v) is 5.12. The van der Waals surface area contributed by atoms with Crippen LogP contribution in [0.2, 0.25) is 0 Å². The number of guanidine groups is 1. The number of hydrogen-bond donors (Lipinski definition) is 2. The second kappa shape index (κ2) is 9.94. The Kier molecular flexibility index (Phi) is 7.61. The number of aliphatic hydroxyl groups excluding tert-OH is 1. The summed E-state index contributed by atoms with van der Waals surface area (Å²) in [5.41, 5.74) is 1.71. The summed E-state index contributed by atoms with van der Waals surface area (Å²) in [4.78, 5) is 8.75. The maximum Gasteiger partial charge on any atom is 0.213 e. The van der Waals surface area contributed by atoms with Crippen LogP contribution in [0, 0.1) is 0 Å². The highest BCUT2D eigenvalue weighted by Gasteiger charge is 2.17. The zero-order valence-electron chi connectivity index (χ0n) is 13.7. The first-order chi connectivity index (χ1) is 11.9. The molecule has 3 rings (SSSR count). The molecular weight excluding hydrogens is 431 g/mol. The Bertz CT molecular complexity index is 711. The number of hydrazine groups is 1. The van der Waals surface area contributed by atoms with Gasteiger partial charge in [-0.05, 0) is 37.4 Å². The third-order valence-corrected chi connectivity index (χ3v) is 3.38. The monoisotopic (exact) mass is 452 g/mol. The van der Waals surface area contributed by atoms with Crippen LogP contribution in [0.3, 0.4) is 0 Å². The number of hydrogen-bond acceptors (Lipinski definition) is 5. The molecule has 132 valence electrons. The van der Waals surface area contributed by atoms with E-state index in [1.165, 1.54) is 0 Å². The summed E-state index contributed by atoms with van der Waals surface area (Å²) in [6, 6.07) is 5.72. The Hall–Kier alpha value is -2.20. The van der Waals surface area contributed by atoms with Gasteiger partial charge in [-0.25, -0.2) is 5.01 Å². The molecule has 2 N–H and O–H groups in total. The Balaban J connectivity index is 0.00000225. The van der Waals surface area contributed by atoms with Crippen LogP contribution >= 0.6 is 24.0 Å². The van der Waals surface area contributed by atoms with E-state index >= 15 is 0 Å². The Morgan fingerprint density at radius 2 is 2.28 bits per heavy atom. The predicted octanol–water partition coefficient (Wildman–Crippen LogP) is 1.60. The number of aromatic nitrogens is 1. The van der Waals surface area contributed by atoms with Gasteiger partial charge in [0, 0.05) is 12.4 Å². The van der Waals surface area contributed by atoms with E-state index in [1.807, 2.05) is 64.7 Å². The number of dihydropyridines is 1. The third kappa shape index (κ3) is 5.40. The SMILES string of the molecule is I.OCCN(C1=NCC[N-]1)[N+](C=C1C=CC=CN1)=Cc1ccccn1. The van der Waals surface area contributed by atoms with Crippen molar-refractivity contribution in [3.05, 3.63) is 71.7 Å². The summed E-state index contributed by atoms with van der Waals surface area (Å²) in [6.45, 7) is 1.72. The zero-order valence-corrected chi connectivity index (χ0v) is 16.0. The van der Waals surface area contributed by atoms with Crippen molar-refractivity contribution in [3.8, 4) is 0 Å². The largest absolute Gasteiger partial charge is 0.396 e. The maximum absolute atomic E-state index is 9.46. The van der Waals surface area contributed by atoms with Crippen molar-refractivity contribution in [2.24, 2.45) is 4.99 Å². The molecule has 0 aliphatic carbocycles. The van der Waals surface area contributed by atoms with Crippen molar-refractivity contribution in [2.45, 2.75) is 0 Å². The molecule has 25 heavy (non-hydrogen) atoms. The van der Waals surface area contributed by atoms with Gasteiger partial charge in [0.15, 0.2) is 0 Å². The number of halogens is 1. The van der Waals surface area contributed by atoms with Gasteiger partial charge in [-0.1, -0.05) is 12.1 Å². The lowest BCUT2D eigenvalue weighted by molar-refractivity contribution is -0.606. The molecule has 0 saturated carbocycles. The van der Waals surface area contributed by atoms with Crippen molar-refractivity contribution < 1.29 is 9.79 Å². The van der Waals surface area contributed by atoms with Gasteiger partial charge in [-0.2, -0.15) is 0 Å². The van der Waals surface area contributed by atoms with Crippen molar-refractivity contribution >= 4 is 36.2 Å². The summed E-state index contributed by atoms with van der Waals surface area (Å²) < 4.78 is 1.86. The molecule has 3 heterocycles. The van der Waals surface area contributed by atoms with Crippen LogP contribution in [0.4, 0.5) is 0 Å². The lowest BCUT2D eigenvalue weighted by atomic mass is 10.3. The molecular formula is C17H21IN6O. The molecule has 0 fully saturated rings. The van der Waals surface area contributed by atoms with E-state index < -0.39 is 0 Å². The van der Waals surface area contributed by atoms with E-state index in [4.69, 9.17) is 0 Å². The Morgan fingerprint density at radius 1 is 1.36 bits per heavy atom. The number of nitrogens with one attached hydrogen (secondary N) is 1. The highest BCUT2D eigenvalue weighted by molar-refractivity contribution is 14.0. The van der Waals surface area contributed by atoms with Gasteiger partial charge in [-0.15, -0.1) is 28.7 Å². The first-order valence-corrected chi connectivity index (χ1v) is 7.83. The molecule has 8 heteroatoms. The van der Waals surface area contributed by atoms with Crippen LogP contribution < -0.4 is 5.32 Å². The molecule has 2 aliphatic rings. The molecule has 0 bridgehead atoms. The summed E-state index contributed by atoms with van der Waals surface area (Å²) in [6.07, 6.45) is 13.2. The van der Waals surface area contributed by atoms with E-state index in [0.717, 1.165) is 11.4 Å². The normalized spacial score (nSPS) is 17.6. The van der Waals surface area contributed by atoms with Gasteiger partial charge in [-0.3, -0.25) is 4.98 Å². The van der Waals surface area contributed by atoms with E-state index in [-0.39, 0.29) is 30.6 Å². The molecule has 0 saturated heterocycles. The summed E-state index contributed by atoms with van der Waals surface area (Å²) in [5.74, 6) is 0.614. The lowest BCUT2D eigenvalue weighted by Crippen LogP contribution is -2.40. The average molecular weight is 452 g/mol. The van der Waals surface area contributed by atoms with E-state index in [0.29, 0.717) is 25.6 Å². The Labute approximate surface area is 164 Å². The first-order valence-electron chi connectivity index (χ1n) is 7.83. The predicted molar refractivity (Wildman–Crippen MR) is 109 cm³/mol. The zero-order chi connectivity index (χ0) is 16.6. The molecule has 0 atom stereocenters. The van der Waals surface area contributed by atoms with E-state index in [1.54, 1.807) is 6.20 Å². The molecule has 0 spiro atoms. The van der Waals surface area contributed by atoms with Crippen LogP contribution in [0.15, 0.2) is 65.7 Å². The van der Waals surface area contributed by atoms with Crippen molar-refractivity contribution in [1.82, 2.24) is 15.3 Å². The van der Waals surface area contributed by atoms with Crippen LogP contribution in [-0.2, 0) is 0 Å². The molecule has 0 radical (unpaired) electrons. The first kappa shape index (κ1) is 19.1. The minimum Gasteiger partial charge on any atom is -0.396 e. The molecule has 0 aromatic carbocycles. The number of aliphatic imine (C=N–C) groups is 1. The summed E-state index contributed by atoms with van der Waals surface area (Å²) >= 11 is 0. The number of allylic oxidation sites excluding steroid dienone is 3. The molecule has 1 aromatic heterocycles. The highest BCUT2D eigenvalue weighted by atomic mass is 127. The standard InChI is InChI=1S/C17H20N6O.HI/c24-12-11-23(17-20-9-10-21-17)22(13-15-5-1-3-7-18-15)14-16-6-2-4-8-19-16;/h1-8,13-14,18,24H,9-12H2;1H. The van der Waals surface area contributed by atoms with Crippen LogP contribution in [-0.4, -0.2) is 58.2 Å². The lowest BCUT2D eigenvalue weighted by Gasteiger charge is -2.25. The van der Waals surface area contributed by atoms with Crippen molar-refractivity contribution in [2.75, 3.05) is 26.2 Å². The molecule has 0 unspecified atom stereocenters. The van der Waals surface area contributed by atoms with Gasteiger partial charge in [0.25, 0.3) is 0 Å². The fourth-order valence-corrected chi connectivity index (χ4v) is 2.32. The van der Waals surface area contributed by atoms with Gasteiger partial charge in [0.2, 0.25) is 12.4 Å².